The van der Waals surface area contributed by atoms with Crippen LogP contribution in [0.15, 0.2) is 36.5 Å². The van der Waals surface area contributed by atoms with Gasteiger partial charge in [-0.1, -0.05) is 23.7 Å². The minimum Gasteiger partial charge on any atom is -0.477 e. The van der Waals surface area contributed by atoms with E-state index in [2.05, 4.69) is 4.98 Å². The molecule has 19 heavy (non-hydrogen) atoms. The minimum atomic E-state index is -0.966. The SMILES string of the molecule is COC(Cc1c[nH]c(C(=O)O)c1)c1ccc(Cl)cc1. The van der Waals surface area contributed by atoms with E-state index >= 15 is 0 Å². The average molecular weight is 280 g/mol. The lowest BCUT2D eigenvalue weighted by Gasteiger charge is -2.15. The van der Waals surface area contributed by atoms with Crippen LogP contribution >= 0.6 is 11.6 Å². The van der Waals surface area contributed by atoms with Gasteiger partial charge >= 0.3 is 5.97 Å². The first-order valence-electron chi connectivity index (χ1n) is 5.79. The third-order valence-electron chi connectivity index (χ3n) is 2.92. The van der Waals surface area contributed by atoms with Gasteiger partial charge in [-0.3, -0.25) is 0 Å². The summed E-state index contributed by atoms with van der Waals surface area (Å²) in [6.07, 6.45) is 2.16. The molecule has 0 spiro atoms. The van der Waals surface area contributed by atoms with Gasteiger partial charge in [-0.2, -0.15) is 0 Å². The van der Waals surface area contributed by atoms with E-state index in [0.29, 0.717) is 11.4 Å². The molecule has 0 radical (unpaired) electrons. The van der Waals surface area contributed by atoms with E-state index in [9.17, 15) is 4.79 Å². The number of carboxylic acids is 1. The van der Waals surface area contributed by atoms with E-state index in [1.165, 1.54) is 0 Å². The van der Waals surface area contributed by atoms with Crippen LogP contribution in [-0.4, -0.2) is 23.2 Å². The Hall–Kier alpha value is -1.78. The fraction of sp³-hybridized carbons (Fsp3) is 0.214. The van der Waals surface area contributed by atoms with Crippen LogP contribution in [0.25, 0.3) is 0 Å². The fourth-order valence-electron chi connectivity index (χ4n) is 1.91. The van der Waals surface area contributed by atoms with E-state index < -0.39 is 5.97 Å². The number of aromatic amines is 1. The number of H-pyrrole nitrogens is 1. The Kier molecular flexibility index (Phi) is 4.24. The average Bonchev–Trinajstić information content (AvgIpc) is 2.86. The molecular weight excluding hydrogens is 266 g/mol. The highest BCUT2D eigenvalue weighted by Gasteiger charge is 2.14. The van der Waals surface area contributed by atoms with Crippen molar-refractivity contribution >= 4 is 17.6 Å². The van der Waals surface area contributed by atoms with E-state index in [0.717, 1.165) is 11.1 Å². The Morgan fingerprint density at radius 3 is 2.63 bits per heavy atom. The molecule has 5 heteroatoms. The zero-order chi connectivity index (χ0) is 13.8. The molecule has 1 heterocycles. The summed E-state index contributed by atoms with van der Waals surface area (Å²) in [5.74, 6) is -0.966. The minimum absolute atomic E-state index is 0.130. The molecule has 0 fully saturated rings. The van der Waals surface area contributed by atoms with Gasteiger partial charge in [0.25, 0.3) is 0 Å². The highest BCUT2D eigenvalue weighted by molar-refractivity contribution is 6.30. The molecule has 0 amide bonds. The van der Waals surface area contributed by atoms with Crippen LogP contribution in [0, 0.1) is 0 Å². The number of benzene rings is 1. The fourth-order valence-corrected chi connectivity index (χ4v) is 2.04. The van der Waals surface area contributed by atoms with Crippen molar-refractivity contribution in [3.05, 3.63) is 58.4 Å². The molecule has 0 aliphatic carbocycles. The monoisotopic (exact) mass is 279 g/mol. The smallest absolute Gasteiger partial charge is 0.352 e. The number of methoxy groups -OCH3 is 1. The summed E-state index contributed by atoms with van der Waals surface area (Å²) in [4.78, 5) is 13.5. The Labute approximate surface area is 116 Å². The zero-order valence-corrected chi connectivity index (χ0v) is 11.1. The summed E-state index contributed by atoms with van der Waals surface area (Å²) < 4.78 is 5.45. The van der Waals surface area contributed by atoms with E-state index in [1.54, 1.807) is 19.4 Å². The van der Waals surface area contributed by atoms with Crippen LogP contribution in [0.3, 0.4) is 0 Å². The third kappa shape index (κ3) is 3.36. The molecule has 1 aromatic carbocycles. The number of rotatable bonds is 5. The molecule has 0 saturated carbocycles. The lowest BCUT2D eigenvalue weighted by atomic mass is 10.0. The number of aromatic carboxylic acids is 1. The summed E-state index contributed by atoms with van der Waals surface area (Å²) in [5.41, 5.74) is 2.07. The maximum atomic E-state index is 10.8. The second kappa shape index (κ2) is 5.91. The topological polar surface area (TPSA) is 62.3 Å². The van der Waals surface area contributed by atoms with Gasteiger partial charge in [-0.25, -0.2) is 4.79 Å². The molecule has 2 N–H and O–H groups in total. The van der Waals surface area contributed by atoms with Crippen molar-refractivity contribution in [2.24, 2.45) is 0 Å². The highest BCUT2D eigenvalue weighted by Crippen LogP contribution is 2.23. The normalized spacial score (nSPS) is 12.3. The maximum Gasteiger partial charge on any atom is 0.352 e. The van der Waals surface area contributed by atoms with Crippen LogP contribution in [0.5, 0.6) is 0 Å². The molecule has 1 unspecified atom stereocenters. The predicted octanol–water partition coefficient (Wildman–Crippen LogP) is 3.30. The van der Waals surface area contributed by atoms with Gasteiger partial charge in [0.15, 0.2) is 0 Å². The van der Waals surface area contributed by atoms with Crippen LogP contribution in [0.2, 0.25) is 5.02 Å². The number of hydrogen-bond acceptors (Lipinski definition) is 2. The van der Waals surface area contributed by atoms with Crippen LogP contribution in [0.4, 0.5) is 0 Å². The van der Waals surface area contributed by atoms with Gasteiger partial charge in [0, 0.05) is 24.8 Å². The lowest BCUT2D eigenvalue weighted by molar-refractivity contribution is 0.0691. The molecule has 1 aromatic heterocycles. The Bertz CT molecular complexity index is 562. The molecule has 4 nitrogen and oxygen atoms in total. The van der Waals surface area contributed by atoms with Crippen molar-refractivity contribution in [2.45, 2.75) is 12.5 Å². The Morgan fingerprint density at radius 1 is 1.42 bits per heavy atom. The van der Waals surface area contributed by atoms with Crippen molar-refractivity contribution in [1.29, 1.82) is 0 Å². The number of aromatic nitrogens is 1. The van der Waals surface area contributed by atoms with Gasteiger partial charge in [-0.15, -0.1) is 0 Å². The highest BCUT2D eigenvalue weighted by atomic mass is 35.5. The molecular formula is C14H14ClNO3. The summed E-state index contributed by atoms with van der Waals surface area (Å²) in [7, 11) is 1.63. The van der Waals surface area contributed by atoms with Crippen LogP contribution in [0.1, 0.15) is 27.7 Å². The first-order valence-corrected chi connectivity index (χ1v) is 6.17. The molecule has 100 valence electrons. The second-order valence-corrected chi connectivity index (χ2v) is 4.64. The largest absolute Gasteiger partial charge is 0.477 e. The van der Waals surface area contributed by atoms with Gasteiger partial charge in [0.1, 0.15) is 5.69 Å². The van der Waals surface area contributed by atoms with Crippen molar-refractivity contribution in [3.63, 3.8) is 0 Å². The second-order valence-electron chi connectivity index (χ2n) is 4.21. The summed E-state index contributed by atoms with van der Waals surface area (Å²) in [6, 6.07) is 9.04. The maximum absolute atomic E-state index is 10.8. The number of halogens is 1. The molecule has 2 rings (SSSR count). The third-order valence-corrected chi connectivity index (χ3v) is 3.17. The Morgan fingerprint density at radius 2 is 2.11 bits per heavy atom. The Balaban J connectivity index is 2.14. The molecule has 2 aromatic rings. The van der Waals surface area contributed by atoms with Crippen LogP contribution < -0.4 is 0 Å². The van der Waals surface area contributed by atoms with Crippen molar-refractivity contribution in [1.82, 2.24) is 4.98 Å². The number of nitrogens with one attached hydrogen (secondary N) is 1. The molecule has 0 aliphatic rings. The van der Waals surface area contributed by atoms with Gasteiger partial charge in [-0.05, 0) is 29.3 Å². The van der Waals surface area contributed by atoms with Crippen molar-refractivity contribution in [3.8, 4) is 0 Å². The zero-order valence-electron chi connectivity index (χ0n) is 10.4. The molecule has 0 aliphatic heterocycles. The number of carboxylic acid groups (broad SMARTS) is 1. The number of carbonyl (C=O) groups is 1. The summed E-state index contributed by atoms with van der Waals surface area (Å²) >= 11 is 5.85. The predicted molar refractivity (Wildman–Crippen MR) is 72.7 cm³/mol. The quantitative estimate of drug-likeness (QED) is 0.883. The summed E-state index contributed by atoms with van der Waals surface area (Å²) in [5, 5.41) is 9.53. The first-order chi connectivity index (χ1) is 9.10. The summed E-state index contributed by atoms with van der Waals surface area (Å²) in [6.45, 7) is 0. The number of ether oxygens (including phenoxy) is 1. The first kappa shape index (κ1) is 13.6. The van der Waals surface area contributed by atoms with Gasteiger partial charge < -0.3 is 14.8 Å². The number of hydrogen-bond donors (Lipinski definition) is 2. The standard InChI is InChI=1S/C14H14ClNO3/c1-19-13(10-2-4-11(15)5-3-10)7-9-6-12(14(17)18)16-8-9/h2-6,8,13,16H,7H2,1H3,(H,17,18). The van der Waals surface area contributed by atoms with E-state index in [1.807, 2.05) is 24.3 Å². The van der Waals surface area contributed by atoms with Crippen molar-refractivity contribution in [2.75, 3.05) is 7.11 Å². The van der Waals surface area contributed by atoms with Crippen molar-refractivity contribution < 1.29 is 14.6 Å². The van der Waals surface area contributed by atoms with E-state index in [-0.39, 0.29) is 11.8 Å². The molecule has 0 bridgehead atoms. The van der Waals surface area contributed by atoms with Gasteiger partial charge in [0.2, 0.25) is 0 Å². The van der Waals surface area contributed by atoms with Gasteiger partial charge in [0.05, 0.1) is 6.10 Å². The van der Waals surface area contributed by atoms with E-state index in [4.69, 9.17) is 21.4 Å². The molecule has 0 saturated heterocycles. The molecule has 1 atom stereocenters. The lowest BCUT2D eigenvalue weighted by Crippen LogP contribution is -2.04. The van der Waals surface area contributed by atoms with Crippen LogP contribution in [-0.2, 0) is 11.2 Å².